The first-order valence-corrected chi connectivity index (χ1v) is 10.5. The van der Waals surface area contributed by atoms with Gasteiger partial charge >= 0.3 is 0 Å². The molecule has 4 rings (SSSR count). The number of carbonyl (C=O) groups is 2. The third kappa shape index (κ3) is 4.48. The number of likely N-dealkylation sites (tertiary alicyclic amines) is 1. The molecule has 0 bridgehead atoms. The molecule has 2 aromatic rings. The van der Waals surface area contributed by atoms with Crippen LogP contribution in [0.25, 0.3) is 0 Å². The van der Waals surface area contributed by atoms with Crippen molar-refractivity contribution in [2.45, 2.75) is 31.7 Å². The Morgan fingerprint density at radius 1 is 1.20 bits per heavy atom. The Bertz CT molecular complexity index is 883. The van der Waals surface area contributed by atoms with Crippen molar-refractivity contribution >= 4 is 17.6 Å². The Kier molecular flexibility index (Phi) is 6.32. The van der Waals surface area contributed by atoms with Crippen LogP contribution in [0, 0.1) is 5.92 Å². The van der Waals surface area contributed by atoms with Gasteiger partial charge in [-0.1, -0.05) is 18.2 Å². The van der Waals surface area contributed by atoms with Gasteiger partial charge < -0.3 is 19.7 Å². The smallest absolute Gasteiger partial charge is 0.231 e. The fraction of sp³-hybridized carbons (Fsp3) is 0.500. The van der Waals surface area contributed by atoms with Crippen LogP contribution in [0.5, 0.6) is 5.75 Å². The molecule has 3 heterocycles. The van der Waals surface area contributed by atoms with Crippen molar-refractivity contribution in [3.05, 3.63) is 42.1 Å². The van der Waals surface area contributed by atoms with Crippen LogP contribution in [-0.2, 0) is 20.7 Å². The van der Waals surface area contributed by atoms with E-state index in [-0.39, 0.29) is 23.8 Å². The maximum absolute atomic E-state index is 12.8. The standard InChI is InChI=1S/C22H28N4O4/c1-29-19-5-3-2-4-16(19)14-21(27)25-11-7-18(8-12-25)26-20(6-10-23-26)24-22(28)17-9-13-30-15-17/h2-6,10,17-18H,7-9,11-15H2,1H3,(H,24,28)/t17-/m0/s1. The van der Waals surface area contributed by atoms with Crippen LogP contribution in [-0.4, -0.2) is 59.9 Å². The summed E-state index contributed by atoms with van der Waals surface area (Å²) < 4.78 is 12.5. The molecule has 2 aliphatic rings. The summed E-state index contributed by atoms with van der Waals surface area (Å²) >= 11 is 0. The van der Waals surface area contributed by atoms with Crippen molar-refractivity contribution in [3.8, 4) is 5.75 Å². The normalized spacial score (nSPS) is 19.6. The number of nitrogens with one attached hydrogen (secondary N) is 1. The van der Waals surface area contributed by atoms with Gasteiger partial charge in [0.2, 0.25) is 11.8 Å². The summed E-state index contributed by atoms with van der Waals surface area (Å²) in [6.07, 6.45) is 4.40. The predicted octanol–water partition coefficient (Wildman–Crippen LogP) is 2.27. The van der Waals surface area contributed by atoms with Crippen LogP contribution < -0.4 is 10.1 Å². The zero-order chi connectivity index (χ0) is 20.9. The van der Waals surface area contributed by atoms with Crippen molar-refractivity contribution in [2.24, 2.45) is 5.92 Å². The highest BCUT2D eigenvalue weighted by molar-refractivity contribution is 5.92. The lowest BCUT2D eigenvalue weighted by Crippen LogP contribution is -2.40. The molecular formula is C22H28N4O4. The number of ether oxygens (including phenoxy) is 2. The van der Waals surface area contributed by atoms with Gasteiger partial charge in [-0.05, 0) is 25.3 Å². The summed E-state index contributed by atoms with van der Waals surface area (Å²) in [4.78, 5) is 27.1. The van der Waals surface area contributed by atoms with E-state index in [1.54, 1.807) is 13.3 Å². The molecule has 160 valence electrons. The molecule has 0 radical (unpaired) electrons. The second-order valence-corrected chi connectivity index (χ2v) is 7.81. The molecule has 30 heavy (non-hydrogen) atoms. The van der Waals surface area contributed by atoms with Gasteiger partial charge in [0.1, 0.15) is 11.6 Å². The Morgan fingerprint density at radius 3 is 2.73 bits per heavy atom. The van der Waals surface area contributed by atoms with Crippen molar-refractivity contribution < 1.29 is 19.1 Å². The largest absolute Gasteiger partial charge is 0.496 e. The van der Waals surface area contributed by atoms with Crippen LogP contribution in [0.4, 0.5) is 5.82 Å². The van der Waals surface area contributed by atoms with E-state index in [4.69, 9.17) is 9.47 Å². The highest BCUT2D eigenvalue weighted by Gasteiger charge is 2.28. The summed E-state index contributed by atoms with van der Waals surface area (Å²) in [5.74, 6) is 1.45. The maximum Gasteiger partial charge on any atom is 0.231 e. The molecule has 2 fully saturated rings. The van der Waals surface area contributed by atoms with Crippen molar-refractivity contribution in [2.75, 3.05) is 38.7 Å². The number of aromatic nitrogens is 2. The quantitative estimate of drug-likeness (QED) is 0.787. The van der Waals surface area contributed by atoms with Crippen molar-refractivity contribution in [3.63, 3.8) is 0 Å². The van der Waals surface area contributed by atoms with Crippen LogP contribution in [0.2, 0.25) is 0 Å². The van der Waals surface area contributed by atoms with Gasteiger partial charge in [-0.3, -0.25) is 9.59 Å². The van der Waals surface area contributed by atoms with Crippen molar-refractivity contribution in [1.29, 1.82) is 0 Å². The zero-order valence-electron chi connectivity index (χ0n) is 17.3. The van der Waals surface area contributed by atoms with Crippen LogP contribution in [0.1, 0.15) is 30.9 Å². The van der Waals surface area contributed by atoms with Crippen molar-refractivity contribution in [1.82, 2.24) is 14.7 Å². The molecule has 1 aromatic heterocycles. The second-order valence-electron chi connectivity index (χ2n) is 7.81. The Morgan fingerprint density at radius 2 is 2.00 bits per heavy atom. The number of amides is 2. The number of piperidine rings is 1. The van der Waals surface area contributed by atoms with E-state index in [9.17, 15) is 9.59 Å². The lowest BCUT2D eigenvalue weighted by Gasteiger charge is -2.33. The maximum atomic E-state index is 12.8. The van der Waals surface area contributed by atoms with E-state index in [0.29, 0.717) is 38.5 Å². The van der Waals surface area contributed by atoms with Crippen LogP contribution >= 0.6 is 0 Å². The minimum absolute atomic E-state index is 0.0151. The van der Waals surface area contributed by atoms with E-state index in [1.165, 1.54) is 0 Å². The van der Waals surface area contributed by atoms with E-state index in [1.807, 2.05) is 39.9 Å². The Balaban J connectivity index is 1.33. The fourth-order valence-electron chi connectivity index (χ4n) is 4.16. The fourth-order valence-corrected chi connectivity index (χ4v) is 4.16. The van der Waals surface area contributed by atoms with Crippen LogP contribution in [0.3, 0.4) is 0 Å². The van der Waals surface area contributed by atoms with E-state index in [2.05, 4.69) is 10.4 Å². The number of anilines is 1. The number of hydrogen-bond acceptors (Lipinski definition) is 5. The average molecular weight is 412 g/mol. The Hall–Kier alpha value is -2.87. The molecule has 8 heteroatoms. The topological polar surface area (TPSA) is 85.7 Å². The molecule has 1 N–H and O–H groups in total. The minimum atomic E-state index is -0.0946. The van der Waals surface area contributed by atoms with Gasteiger partial charge in [-0.2, -0.15) is 5.10 Å². The van der Waals surface area contributed by atoms with E-state index < -0.39 is 0 Å². The third-order valence-corrected chi connectivity index (χ3v) is 5.92. The molecule has 2 saturated heterocycles. The van der Waals surface area contributed by atoms with E-state index >= 15 is 0 Å². The number of rotatable bonds is 6. The van der Waals surface area contributed by atoms with Gasteiger partial charge in [0, 0.05) is 31.3 Å². The van der Waals surface area contributed by atoms with Gasteiger partial charge in [0.15, 0.2) is 0 Å². The molecule has 0 spiro atoms. The molecule has 2 amide bonds. The monoisotopic (exact) mass is 412 g/mol. The lowest BCUT2D eigenvalue weighted by molar-refractivity contribution is -0.131. The highest BCUT2D eigenvalue weighted by Crippen LogP contribution is 2.27. The number of carbonyl (C=O) groups excluding carboxylic acids is 2. The summed E-state index contributed by atoms with van der Waals surface area (Å²) in [5, 5.41) is 7.43. The number of nitrogens with zero attached hydrogens (tertiary/aromatic N) is 3. The molecule has 0 unspecified atom stereocenters. The highest BCUT2D eigenvalue weighted by atomic mass is 16.5. The molecule has 2 aliphatic heterocycles. The van der Waals surface area contributed by atoms with E-state index in [0.717, 1.165) is 30.6 Å². The number of para-hydroxylation sites is 1. The summed E-state index contributed by atoms with van der Waals surface area (Å²) in [7, 11) is 1.62. The predicted molar refractivity (Wildman–Crippen MR) is 111 cm³/mol. The van der Waals surface area contributed by atoms with Gasteiger partial charge in [0.05, 0.1) is 38.3 Å². The molecule has 8 nitrogen and oxygen atoms in total. The first-order chi connectivity index (χ1) is 14.7. The average Bonchev–Trinajstić information content (AvgIpc) is 3.46. The number of methoxy groups -OCH3 is 1. The second kappa shape index (κ2) is 9.30. The summed E-state index contributed by atoms with van der Waals surface area (Å²) in [5.41, 5.74) is 0.903. The molecule has 0 saturated carbocycles. The summed E-state index contributed by atoms with van der Waals surface area (Å²) in [6, 6.07) is 9.61. The van der Waals surface area contributed by atoms with Gasteiger partial charge in [-0.15, -0.1) is 0 Å². The minimum Gasteiger partial charge on any atom is -0.496 e. The SMILES string of the molecule is COc1ccccc1CC(=O)N1CCC(n2nccc2NC(=O)[C@H]2CCOC2)CC1. The lowest BCUT2D eigenvalue weighted by atomic mass is 10.0. The molecule has 1 aromatic carbocycles. The zero-order valence-corrected chi connectivity index (χ0v) is 17.3. The van der Waals surface area contributed by atoms with Gasteiger partial charge in [-0.25, -0.2) is 4.68 Å². The number of benzene rings is 1. The summed E-state index contributed by atoms with van der Waals surface area (Å²) in [6.45, 7) is 2.45. The molecule has 0 aliphatic carbocycles. The van der Waals surface area contributed by atoms with Crippen LogP contribution in [0.15, 0.2) is 36.5 Å². The Labute approximate surface area is 176 Å². The van der Waals surface area contributed by atoms with Gasteiger partial charge in [0.25, 0.3) is 0 Å². The third-order valence-electron chi connectivity index (χ3n) is 5.92. The molecule has 1 atom stereocenters. The first-order valence-electron chi connectivity index (χ1n) is 10.5. The number of hydrogen-bond donors (Lipinski definition) is 1. The first kappa shape index (κ1) is 20.4. The molecular weight excluding hydrogens is 384 g/mol.